The van der Waals surface area contributed by atoms with E-state index in [1.165, 1.54) is 31.3 Å². The molecule has 270 valence electrons. The third-order valence-electron chi connectivity index (χ3n) is 16.7. The van der Waals surface area contributed by atoms with Gasteiger partial charge in [0.15, 0.2) is 0 Å². The van der Waals surface area contributed by atoms with Crippen LogP contribution in [0.25, 0.3) is 0 Å². The number of esters is 1. The van der Waals surface area contributed by atoms with Gasteiger partial charge in [0.05, 0.1) is 11.8 Å². The van der Waals surface area contributed by atoms with Gasteiger partial charge < -0.3 is 20.5 Å². The van der Waals surface area contributed by atoms with Crippen LogP contribution in [0.15, 0.2) is 12.2 Å². The topological polar surface area (TPSA) is 110 Å². The summed E-state index contributed by atoms with van der Waals surface area (Å²) in [5, 5.41) is 9.59. The fraction of sp³-hybridized carbons (Fsp3) is 0.878. The van der Waals surface area contributed by atoms with E-state index in [4.69, 9.17) is 10.5 Å². The van der Waals surface area contributed by atoms with Crippen LogP contribution in [0.3, 0.4) is 0 Å². The largest absolute Gasteiger partial charge is 0.481 e. The average Bonchev–Trinajstić information content (AvgIpc) is 3.59. The number of carboxylic acid groups (broad SMARTS) is 1. The van der Waals surface area contributed by atoms with Gasteiger partial charge in [0.1, 0.15) is 6.10 Å². The van der Waals surface area contributed by atoms with Crippen LogP contribution in [-0.2, 0) is 19.1 Å². The van der Waals surface area contributed by atoms with Crippen LogP contribution in [0.5, 0.6) is 0 Å². The number of hydrogen-bond donors (Lipinski definition) is 2. The quantitative estimate of drug-likeness (QED) is 0.211. The van der Waals surface area contributed by atoms with Crippen molar-refractivity contribution in [1.82, 2.24) is 4.90 Å². The Bertz CT molecular complexity index is 1340. The maximum Gasteiger partial charge on any atom is 0.309 e. The number of hydrogen-bond acceptors (Lipinski definition) is 5. The summed E-state index contributed by atoms with van der Waals surface area (Å²) in [4.78, 5) is 40.7. The molecule has 0 spiro atoms. The van der Waals surface area contributed by atoms with E-state index in [-0.39, 0.29) is 45.6 Å². The number of fused-ring (bicyclic) bond motifs is 7. The average molecular weight is 667 g/mol. The second-order valence-electron chi connectivity index (χ2n) is 19.8. The number of allylic oxidation sites excluding steroid dienone is 1. The van der Waals surface area contributed by atoms with E-state index >= 15 is 0 Å². The van der Waals surface area contributed by atoms with Crippen molar-refractivity contribution >= 4 is 17.8 Å². The minimum atomic E-state index is -1.14. The van der Waals surface area contributed by atoms with Crippen LogP contribution < -0.4 is 5.73 Å². The highest BCUT2D eigenvalue weighted by molar-refractivity contribution is 5.81. The molecule has 1 amide bonds. The van der Waals surface area contributed by atoms with Crippen molar-refractivity contribution in [2.75, 3.05) is 13.1 Å². The van der Waals surface area contributed by atoms with Crippen LogP contribution in [0.4, 0.5) is 0 Å². The van der Waals surface area contributed by atoms with Gasteiger partial charge in [-0.15, -0.1) is 0 Å². The summed E-state index contributed by atoms with van der Waals surface area (Å²) in [6.07, 6.45) is 12.6. The van der Waals surface area contributed by atoms with Gasteiger partial charge in [0, 0.05) is 31.0 Å². The van der Waals surface area contributed by atoms with E-state index in [0.717, 1.165) is 51.5 Å². The number of nitrogens with zero attached hydrogens (tertiary/aromatic N) is 1. The molecule has 6 rings (SSSR count). The molecule has 1 heterocycles. The Morgan fingerprint density at radius 1 is 0.896 bits per heavy atom. The van der Waals surface area contributed by atoms with Crippen LogP contribution in [0.1, 0.15) is 139 Å². The van der Waals surface area contributed by atoms with Gasteiger partial charge in [0.2, 0.25) is 5.91 Å². The Balaban J connectivity index is 1.25. The number of carboxylic acids is 1. The standard InChI is InChI=1S/C41H66N2O5/c1-25(2)27-12-18-41(22-32(44)43-21-15-26(42)24-43)20-19-39(8)28(34(27)41)10-11-30-38(7)16-14-31(48-33(45)23-36(3,4)35(46)47)37(5,6)29(38)13-17-40(30,39)9/h26-31,34H,1,10-24,42H2,2-9H3,(H,46,47)/t26-,27?,28+,29-,30+,31-,34+,38-,39+,40+,41+/m0/s1. The first kappa shape index (κ1) is 35.9. The Morgan fingerprint density at radius 3 is 2.23 bits per heavy atom. The van der Waals surface area contributed by atoms with Gasteiger partial charge >= 0.3 is 11.9 Å². The van der Waals surface area contributed by atoms with Gasteiger partial charge in [-0.25, -0.2) is 0 Å². The van der Waals surface area contributed by atoms with Crippen molar-refractivity contribution in [1.29, 1.82) is 0 Å². The number of aliphatic carboxylic acids is 1. The van der Waals surface area contributed by atoms with Gasteiger partial charge in [-0.1, -0.05) is 46.8 Å². The number of nitrogens with two attached hydrogens (primary N) is 1. The Labute approximate surface area is 290 Å². The lowest BCUT2D eigenvalue weighted by Gasteiger charge is -2.73. The zero-order valence-corrected chi connectivity index (χ0v) is 31.5. The fourth-order valence-electron chi connectivity index (χ4n) is 13.8. The number of likely N-dealkylation sites (tertiary alicyclic amines) is 1. The molecule has 7 nitrogen and oxygen atoms in total. The Kier molecular flexibility index (Phi) is 8.86. The molecule has 0 bridgehead atoms. The first-order valence-electron chi connectivity index (χ1n) is 19.3. The number of rotatable bonds is 7. The van der Waals surface area contributed by atoms with Gasteiger partial charge in [0.25, 0.3) is 0 Å². The molecule has 0 aromatic carbocycles. The lowest BCUT2D eigenvalue weighted by atomic mass is 9.32. The fourth-order valence-corrected chi connectivity index (χ4v) is 13.8. The van der Waals surface area contributed by atoms with Crippen molar-refractivity contribution in [2.45, 2.75) is 151 Å². The van der Waals surface area contributed by atoms with E-state index in [0.29, 0.717) is 48.5 Å². The second-order valence-corrected chi connectivity index (χ2v) is 19.8. The highest BCUT2D eigenvalue weighted by Crippen LogP contribution is 2.78. The molecule has 6 aliphatic rings. The van der Waals surface area contributed by atoms with Gasteiger partial charge in [-0.3, -0.25) is 14.4 Å². The molecule has 1 saturated heterocycles. The molecule has 0 radical (unpaired) electrons. The zero-order chi connectivity index (χ0) is 35.2. The molecule has 48 heavy (non-hydrogen) atoms. The molecule has 0 aromatic rings. The van der Waals surface area contributed by atoms with E-state index in [1.807, 2.05) is 0 Å². The summed E-state index contributed by atoms with van der Waals surface area (Å²) >= 11 is 0. The molecule has 1 aliphatic heterocycles. The number of carbonyl (C=O) groups is 3. The smallest absolute Gasteiger partial charge is 0.309 e. The van der Waals surface area contributed by atoms with Gasteiger partial charge in [-0.05, 0) is 143 Å². The van der Waals surface area contributed by atoms with Gasteiger partial charge in [-0.2, -0.15) is 0 Å². The Morgan fingerprint density at radius 2 is 1.60 bits per heavy atom. The predicted octanol–water partition coefficient (Wildman–Crippen LogP) is 8.01. The predicted molar refractivity (Wildman–Crippen MR) is 189 cm³/mol. The van der Waals surface area contributed by atoms with E-state index in [2.05, 4.69) is 53.0 Å². The SMILES string of the molecule is C=C(C)C1CC[C@]2(CC(=O)N3CC[C@H](N)C3)CC[C@]3(C)[C@H](CC[C@@H]4[C@@]5(C)CC[C@H](OC(=O)CC(C)(C)C(=O)O)C(C)(C)[C@@H]5CC[C@]43C)[C@@H]12. The first-order valence-corrected chi connectivity index (χ1v) is 19.3. The normalized spacial score (nSPS) is 44.9. The minimum absolute atomic E-state index is 0.0704. The molecule has 7 heteroatoms. The summed E-state index contributed by atoms with van der Waals surface area (Å²) in [5.41, 5.74) is 6.84. The molecular formula is C41H66N2O5. The lowest BCUT2D eigenvalue weighted by Crippen LogP contribution is -2.67. The summed E-state index contributed by atoms with van der Waals surface area (Å²) in [6, 6.07) is 0.117. The number of carbonyl (C=O) groups excluding carboxylic acids is 2. The van der Waals surface area contributed by atoms with Crippen molar-refractivity contribution in [2.24, 2.45) is 67.8 Å². The zero-order valence-electron chi connectivity index (χ0n) is 31.5. The summed E-state index contributed by atoms with van der Waals surface area (Å²) in [6.45, 7) is 24.0. The van der Waals surface area contributed by atoms with Crippen LogP contribution in [0, 0.1) is 62.1 Å². The number of amides is 1. The lowest BCUT2D eigenvalue weighted by molar-refractivity contribution is -0.250. The molecule has 1 unspecified atom stereocenters. The second kappa shape index (κ2) is 11.8. The van der Waals surface area contributed by atoms with Crippen molar-refractivity contribution in [3.8, 4) is 0 Å². The molecule has 11 atom stereocenters. The monoisotopic (exact) mass is 666 g/mol. The maximum absolute atomic E-state index is 13.8. The number of ether oxygens (including phenoxy) is 1. The van der Waals surface area contributed by atoms with Crippen LogP contribution in [0.2, 0.25) is 0 Å². The first-order chi connectivity index (χ1) is 22.2. The van der Waals surface area contributed by atoms with Crippen LogP contribution in [-0.4, -0.2) is 53.1 Å². The van der Waals surface area contributed by atoms with Crippen molar-refractivity contribution in [3.05, 3.63) is 12.2 Å². The van der Waals surface area contributed by atoms with Crippen molar-refractivity contribution in [3.63, 3.8) is 0 Å². The molecule has 5 saturated carbocycles. The van der Waals surface area contributed by atoms with Crippen molar-refractivity contribution < 1.29 is 24.2 Å². The highest BCUT2D eigenvalue weighted by Gasteiger charge is 2.71. The van der Waals surface area contributed by atoms with E-state index in [1.54, 1.807) is 13.8 Å². The Hall–Kier alpha value is -1.89. The highest BCUT2D eigenvalue weighted by atomic mass is 16.5. The summed E-state index contributed by atoms with van der Waals surface area (Å²) in [5.74, 6) is 1.59. The minimum Gasteiger partial charge on any atom is -0.481 e. The maximum atomic E-state index is 13.8. The van der Waals surface area contributed by atoms with Crippen LogP contribution >= 0.6 is 0 Å². The van der Waals surface area contributed by atoms with E-state index < -0.39 is 17.4 Å². The summed E-state index contributed by atoms with van der Waals surface area (Å²) in [7, 11) is 0. The third kappa shape index (κ3) is 5.32. The molecule has 5 aliphatic carbocycles. The third-order valence-corrected chi connectivity index (χ3v) is 16.7. The molecule has 3 N–H and O–H groups in total. The molecular weight excluding hydrogens is 600 g/mol. The summed E-state index contributed by atoms with van der Waals surface area (Å²) < 4.78 is 6.17. The molecule has 0 aromatic heterocycles. The van der Waals surface area contributed by atoms with E-state index in [9.17, 15) is 19.5 Å². The molecule has 6 fully saturated rings.